The molecule has 0 aromatic carbocycles. The van der Waals surface area contributed by atoms with Crippen LogP contribution in [0.5, 0.6) is 0 Å². The molecule has 0 N–H and O–H groups in total. The molecule has 0 saturated carbocycles. The third kappa shape index (κ3) is 3.33. The fourth-order valence-corrected chi connectivity index (χ4v) is 3.02. The van der Waals surface area contributed by atoms with Crippen LogP contribution in [0.4, 0.5) is 4.39 Å². The molecule has 0 aliphatic carbocycles. The van der Waals surface area contributed by atoms with Crippen LogP contribution < -0.4 is 0 Å². The van der Waals surface area contributed by atoms with Gasteiger partial charge in [-0.2, -0.15) is 0 Å². The van der Waals surface area contributed by atoms with Gasteiger partial charge in [0.15, 0.2) is 0 Å². The van der Waals surface area contributed by atoms with Gasteiger partial charge in [-0.15, -0.1) is 11.8 Å². The van der Waals surface area contributed by atoms with Gasteiger partial charge >= 0.3 is 0 Å². The number of halogens is 3. The topological polar surface area (TPSA) is 25.8 Å². The van der Waals surface area contributed by atoms with E-state index in [-0.39, 0.29) is 5.15 Å². The molecule has 0 unspecified atom stereocenters. The summed E-state index contributed by atoms with van der Waals surface area (Å²) in [6.07, 6.45) is 3.08. The van der Waals surface area contributed by atoms with Gasteiger partial charge in [0.2, 0.25) is 0 Å². The van der Waals surface area contributed by atoms with E-state index in [9.17, 15) is 4.39 Å². The van der Waals surface area contributed by atoms with Crippen LogP contribution in [0.2, 0.25) is 5.15 Å². The molecule has 0 radical (unpaired) electrons. The number of alkyl halides is 1. The number of thioether (sulfide) groups is 1. The van der Waals surface area contributed by atoms with Crippen molar-refractivity contribution in [1.82, 2.24) is 9.97 Å². The molecule has 0 spiro atoms. The first kappa shape index (κ1) is 14.0. The number of pyridine rings is 2. The monoisotopic (exact) mass is 394 g/mol. The maximum absolute atomic E-state index is 13.9. The lowest BCUT2D eigenvalue weighted by Crippen LogP contribution is -1.93. The van der Waals surface area contributed by atoms with Crippen LogP contribution >= 0.6 is 46.0 Å². The summed E-state index contributed by atoms with van der Waals surface area (Å²) in [7, 11) is 0. The smallest absolute Gasteiger partial charge is 0.137 e. The average molecular weight is 395 g/mol. The maximum atomic E-state index is 13.9. The molecule has 2 aromatic rings. The summed E-state index contributed by atoms with van der Waals surface area (Å²) in [6.45, 7) is 0. The molecule has 0 fully saturated rings. The SMILES string of the molecule is Fc1cc(Cl)ncc1-c1ncccc1SCCI. The first-order valence-corrected chi connectivity index (χ1v) is 8.06. The molecule has 6 heteroatoms. The summed E-state index contributed by atoms with van der Waals surface area (Å²) in [5, 5.41) is 0.147. The predicted octanol–water partition coefficient (Wildman–Crippen LogP) is 4.46. The largest absolute Gasteiger partial charge is 0.255 e. The molecule has 0 bridgehead atoms. The molecule has 18 heavy (non-hydrogen) atoms. The Hall–Kier alpha value is -0.400. The Balaban J connectivity index is 2.43. The van der Waals surface area contributed by atoms with Crippen molar-refractivity contribution < 1.29 is 4.39 Å². The highest BCUT2D eigenvalue weighted by atomic mass is 127. The van der Waals surface area contributed by atoms with Crippen molar-refractivity contribution in [3.05, 3.63) is 41.6 Å². The van der Waals surface area contributed by atoms with Gasteiger partial charge in [-0.3, -0.25) is 4.98 Å². The molecule has 0 amide bonds. The van der Waals surface area contributed by atoms with Crippen molar-refractivity contribution in [2.24, 2.45) is 0 Å². The van der Waals surface area contributed by atoms with E-state index in [2.05, 4.69) is 32.6 Å². The second kappa shape index (κ2) is 6.68. The van der Waals surface area contributed by atoms with Gasteiger partial charge < -0.3 is 0 Å². The Morgan fingerprint density at radius 3 is 2.94 bits per heavy atom. The van der Waals surface area contributed by atoms with Crippen LogP contribution in [-0.4, -0.2) is 20.1 Å². The van der Waals surface area contributed by atoms with Crippen LogP contribution in [0.3, 0.4) is 0 Å². The van der Waals surface area contributed by atoms with Gasteiger partial charge in [-0.1, -0.05) is 34.2 Å². The number of hydrogen-bond donors (Lipinski definition) is 0. The summed E-state index contributed by atoms with van der Waals surface area (Å²) in [5.74, 6) is 0.562. The minimum atomic E-state index is -0.398. The zero-order valence-electron chi connectivity index (χ0n) is 9.24. The minimum absolute atomic E-state index is 0.147. The molecule has 2 aromatic heterocycles. The lowest BCUT2D eigenvalue weighted by molar-refractivity contribution is 0.628. The Morgan fingerprint density at radius 1 is 1.39 bits per heavy atom. The molecule has 0 atom stereocenters. The third-order valence-corrected chi connectivity index (χ3v) is 4.71. The molecule has 0 aliphatic heterocycles. The van der Waals surface area contributed by atoms with Crippen molar-refractivity contribution in [1.29, 1.82) is 0 Å². The summed E-state index contributed by atoms with van der Waals surface area (Å²) >= 11 is 9.61. The van der Waals surface area contributed by atoms with E-state index in [4.69, 9.17) is 11.6 Å². The highest BCUT2D eigenvalue weighted by molar-refractivity contribution is 14.1. The van der Waals surface area contributed by atoms with E-state index in [1.807, 2.05) is 12.1 Å². The molecule has 0 aliphatic rings. The van der Waals surface area contributed by atoms with Crippen LogP contribution in [-0.2, 0) is 0 Å². The van der Waals surface area contributed by atoms with E-state index < -0.39 is 5.82 Å². The highest BCUT2D eigenvalue weighted by Crippen LogP contribution is 2.31. The summed E-state index contributed by atoms with van der Waals surface area (Å²) < 4.78 is 14.9. The molecular formula is C12H9ClFIN2S. The second-order valence-corrected chi connectivity index (χ2v) is 5.98. The number of rotatable bonds is 4. The third-order valence-electron chi connectivity index (χ3n) is 2.18. The van der Waals surface area contributed by atoms with Crippen molar-refractivity contribution in [2.45, 2.75) is 4.90 Å². The Labute approximate surface area is 128 Å². The number of nitrogens with zero attached hydrogens (tertiary/aromatic N) is 2. The van der Waals surface area contributed by atoms with E-state index >= 15 is 0 Å². The van der Waals surface area contributed by atoms with Gasteiger partial charge in [0, 0.05) is 33.5 Å². The number of hydrogen-bond acceptors (Lipinski definition) is 3. The van der Waals surface area contributed by atoms with Gasteiger partial charge in [0.25, 0.3) is 0 Å². The first-order valence-electron chi connectivity index (χ1n) is 5.17. The Morgan fingerprint density at radius 2 is 2.22 bits per heavy atom. The zero-order chi connectivity index (χ0) is 13.0. The summed E-state index contributed by atoms with van der Waals surface area (Å²) in [5.41, 5.74) is 1.00. The lowest BCUT2D eigenvalue weighted by atomic mass is 10.2. The Bertz CT molecular complexity index is 553. The first-order chi connectivity index (χ1) is 8.72. The fourth-order valence-electron chi connectivity index (χ4n) is 1.44. The minimum Gasteiger partial charge on any atom is -0.255 e. The maximum Gasteiger partial charge on any atom is 0.137 e. The van der Waals surface area contributed by atoms with E-state index in [0.717, 1.165) is 15.1 Å². The quantitative estimate of drug-likeness (QED) is 0.331. The van der Waals surface area contributed by atoms with E-state index in [1.54, 1.807) is 18.0 Å². The van der Waals surface area contributed by atoms with Crippen LogP contribution in [0, 0.1) is 5.82 Å². The van der Waals surface area contributed by atoms with Gasteiger partial charge in [0.05, 0.1) is 11.3 Å². The van der Waals surface area contributed by atoms with Crippen LogP contribution in [0.15, 0.2) is 35.5 Å². The highest BCUT2D eigenvalue weighted by Gasteiger charge is 2.12. The van der Waals surface area contributed by atoms with Crippen molar-refractivity contribution in [3.63, 3.8) is 0 Å². The molecule has 94 valence electrons. The van der Waals surface area contributed by atoms with Gasteiger partial charge in [-0.25, -0.2) is 9.37 Å². The van der Waals surface area contributed by atoms with E-state index in [0.29, 0.717) is 11.3 Å². The lowest BCUT2D eigenvalue weighted by Gasteiger charge is -2.08. The molecule has 2 nitrogen and oxygen atoms in total. The normalized spacial score (nSPS) is 10.6. The second-order valence-electron chi connectivity index (χ2n) is 3.37. The summed E-state index contributed by atoms with van der Waals surface area (Å²) in [4.78, 5) is 9.11. The van der Waals surface area contributed by atoms with Crippen molar-refractivity contribution in [3.8, 4) is 11.3 Å². The molecule has 2 heterocycles. The average Bonchev–Trinajstić information content (AvgIpc) is 2.37. The van der Waals surface area contributed by atoms with Crippen LogP contribution in [0.1, 0.15) is 0 Å². The van der Waals surface area contributed by atoms with Gasteiger partial charge in [0.1, 0.15) is 11.0 Å². The molecular weight excluding hydrogens is 386 g/mol. The van der Waals surface area contributed by atoms with Crippen LogP contribution in [0.25, 0.3) is 11.3 Å². The molecule has 2 rings (SSSR count). The number of aromatic nitrogens is 2. The van der Waals surface area contributed by atoms with E-state index in [1.165, 1.54) is 12.3 Å². The standard InChI is InChI=1S/C12H9ClFIN2S/c13-11-6-9(14)8(7-17-11)12-10(18-5-3-15)2-1-4-16-12/h1-2,4,6-7H,3,5H2. The fraction of sp³-hybridized carbons (Fsp3) is 0.167. The zero-order valence-corrected chi connectivity index (χ0v) is 13.0. The summed E-state index contributed by atoms with van der Waals surface area (Å²) in [6, 6.07) is 4.99. The van der Waals surface area contributed by atoms with Gasteiger partial charge in [-0.05, 0) is 12.1 Å². The van der Waals surface area contributed by atoms with Crippen molar-refractivity contribution in [2.75, 3.05) is 10.2 Å². The molecule has 0 saturated heterocycles. The Kier molecular flexibility index (Phi) is 5.20. The predicted molar refractivity (Wildman–Crippen MR) is 82.0 cm³/mol. The van der Waals surface area contributed by atoms with Crippen molar-refractivity contribution >= 4 is 46.0 Å².